The Morgan fingerprint density at radius 2 is 1.40 bits per heavy atom. The Labute approximate surface area is 145 Å². The molecule has 0 fully saturated rings. The lowest BCUT2D eigenvalue weighted by atomic mass is 10.0. The molecule has 0 aromatic heterocycles. The minimum atomic E-state index is -0.477. The molecule has 1 heterocycles. The molecule has 0 aliphatic carbocycles. The van der Waals surface area contributed by atoms with Crippen molar-refractivity contribution in [2.24, 2.45) is 0 Å². The van der Waals surface area contributed by atoms with Crippen molar-refractivity contribution in [3.05, 3.63) is 29.8 Å². The molecular weight excluding hydrogens is 326 g/mol. The number of hydrogen-bond acceptors (Lipinski definition) is 7. The lowest BCUT2D eigenvalue weighted by Gasteiger charge is -2.16. The second-order valence-corrected chi connectivity index (χ2v) is 5.50. The van der Waals surface area contributed by atoms with Gasteiger partial charge in [-0.15, -0.1) is 0 Å². The zero-order valence-corrected chi connectivity index (χ0v) is 14.1. The number of nitrogens with two attached hydrogens (primary N) is 1. The number of fused-ring (bicyclic) bond motifs is 2. The quantitative estimate of drug-likeness (QED) is 0.623. The molecule has 0 bridgehead atoms. The Kier molecular flexibility index (Phi) is 5.57. The number of rotatable bonds is 1. The molecule has 7 heteroatoms. The molecule has 134 valence electrons. The van der Waals surface area contributed by atoms with E-state index >= 15 is 0 Å². The van der Waals surface area contributed by atoms with Gasteiger partial charge >= 0.3 is 5.97 Å². The topological polar surface area (TPSA) is 89.2 Å². The third-order valence-corrected chi connectivity index (χ3v) is 3.82. The van der Waals surface area contributed by atoms with Crippen molar-refractivity contribution >= 4 is 22.4 Å². The number of anilines is 1. The first-order valence-electron chi connectivity index (χ1n) is 8.05. The summed E-state index contributed by atoms with van der Waals surface area (Å²) in [6, 6.07) is 7.08. The molecule has 1 aliphatic heterocycles. The fourth-order valence-electron chi connectivity index (χ4n) is 2.58. The van der Waals surface area contributed by atoms with Crippen molar-refractivity contribution in [2.75, 3.05) is 52.5 Å². The Bertz CT molecular complexity index is 761. The number of ether oxygens (including phenoxy) is 5. The summed E-state index contributed by atoms with van der Waals surface area (Å²) in [5.74, 6) is 0.703. The molecule has 0 amide bonds. The van der Waals surface area contributed by atoms with Gasteiger partial charge in [0.2, 0.25) is 0 Å². The van der Waals surface area contributed by atoms with Gasteiger partial charge in [0.1, 0.15) is 13.2 Å². The second-order valence-electron chi connectivity index (χ2n) is 5.50. The van der Waals surface area contributed by atoms with E-state index in [4.69, 9.17) is 29.4 Å². The van der Waals surface area contributed by atoms with E-state index in [0.29, 0.717) is 62.4 Å². The lowest BCUT2D eigenvalue weighted by Crippen LogP contribution is -2.15. The molecular formula is C18H21NO6. The molecule has 0 atom stereocenters. The van der Waals surface area contributed by atoms with E-state index in [2.05, 4.69) is 0 Å². The number of hydrogen-bond donors (Lipinski definition) is 1. The van der Waals surface area contributed by atoms with E-state index < -0.39 is 5.97 Å². The van der Waals surface area contributed by atoms with Crippen LogP contribution in [0.15, 0.2) is 24.3 Å². The number of carbonyl (C=O) groups is 1. The molecule has 2 aromatic rings. The summed E-state index contributed by atoms with van der Waals surface area (Å²) < 4.78 is 27.2. The van der Waals surface area contributed by atoms with Gasteiger partial charge in [0.25, 0.3) is 0 Å². The molecule has 0 saturated heterocycles. The van der Waals surface area contributed by atoms with Crippen LogP contribution in [0.25, 0.3) is 10.8 Å². The van der Waals surface area contributed by atoms with Gasteiger partial charge in [-0.2, -0.15) is 0 Å². The number of nitrogen functional groups attached to an aromatic ring is 1. The highest BCUT2D eigenvalue weighted by Gasteiger charge is 2.15. The highest BCUT2D eigenvalue weighted by Crippen LogP contribution is 2.35. The van der Waals surface area contributed by atoms with Crippen LogP contribution < -0.4 is 15.2 Å². The van der Waals surface area contributed by atoms with Crippen molar-refractivity contribution in [2.45, 2.75) is 0 Å². The van der Waals surface area contributed by atoms with Crippen molar-refractivity contribution in [1.82, 2.24) is 0 Å². The summed E-state index contributed by atoms with van der Waals surface area (Å²) in [5, 5.41) is 1.65. The predicted molar refractivity (Wildman–Crippen MR) is 92.3 cm³/mol. The summed E-state index contributed by atoms with van der Waals surface area (Å²) in [5.41, 5.74) is 6.64. The summed E-state index contributed by atoms with van der Waals surface area (Å²) >= 11 is 0. The highest BCUT2D eigenvalue weighted by molar-refractivity contribution is 6.01. The molecule has 2 N–H and O–H groups in total. The fourth-order valence-corrected chi connectivity index (χ4v) is 2.58. The molecule has 0 saturated carbocycles. The SMILES string of the molecule is COC(=O)c1cc2cc3c(cc2cc1N)OCCOCCOCCO3. The lowest BCUT2D eigenvalue weighted by molar-refractivity contribution is 0.0224. The maximum atomic E-state index is 11.8. The summed E-state index contributed by atoms with van der Waals surface area (Å²) in [7, 11) is 1.32. The average Bonchev–Trinajstić information content (AvgIpc) is 2.60. The Balaban J connectivity index is 1.97. The number of methoxy groups -OCH3 is 1. The minimum Gasteiger partial charge on any atom is -0.487 e. The van der Waals surface area contributed by atoms with Gasteiger partial charge in [-0.3, -0.25) is 0 Å². The number of carbonyl (C=O) groups excluding carboxylic acids is 1. The van der Waals surface area contributed by atoms with Gasteiger partial charge in [-0.1, -0.05) is 0 Å². The van der Waals surface area contributed by atoms with E-state index in [9.17, 15) is 4.79 Å². The smallest absolute Gasteiger partial charge is 0.339 e. The molecule has 0 unspecified atom stereocenters. The minimum absolute atomic E-state index is 0.320. The number of benzene rings is 2. The molecule has 1 aliphatic rings. The van der Waals surface area contributed by atoms with Crippen LogP contribution >= 0.6 is 0 Å². The van der Waals surface area contributed by atoms with Crippen LogP contribution in [0.5, 0.6) is 11.5 Å². The first-order valence-corrected chi connectivity index (χ1v) is 8.05. The molecule has 2 aromatic carbocycles. The van der Waals surface area contributed by atoms with E-state index in [0.717, 1.165) is 10.8 Å². The van der Waals surface area contributed by atoms with Gasteiger partial charge in [0.05, 0.1) is 39.1 Å². The summed E-state index contributed by atoms with van der Waals surface area (Å²) in [6.07, 6.45) is 0. The number of esters is 1. The first kappa shape index (κ1) is 17.3. The molecule has 0 spiro atoms. The van der Waals surface area contributed by atoms with Crippen molar-refractivity contribution < 1.29 is 28.5 Å². The van der Waals surface area contributed by atoms with E-state index in [1.807, 2.05) is 12.1 Å². The third-order valence-electron chi connectivity index (χ3n) is 3.82. The van der Waals surface area contributed by atoms with Crippen LogP contribution in [-0.4, -0.2) is 52.7 Å². The normalized spacial score (nSPS) is 15.9. The van der Waals surface area contributed by atoms with Crippen molar-refractivity contribution in [3.8, 4) is 11.5 Å². The average molecular weight is 347 g/mol. The van der Waals surface area contributed by atoms with Crippen molar-refractivity contribution in [3.63, 3.8) is 0 Å². The van der Waals surface area contributed by atoms with Crippen LogP contribution in [0.2, 0.25) is 0 Å². The maximum Gasteiger partial charge on any atom is 0.339 e. The molecule has 25 heavy (non-hydrogen) atoms. The van der Waals surface area contributed by atoms with E-state index in [-0.39, 0.29) is 0 Å². The Morgan fingerprint density at radius 3 is 1.96 bits per heavy atom. The zero-order chi connectivity index (χ0) is 17.6. The van der Waals surface area contributed by atoms with Gasteiger partial charge in [0, 0.05) is 5.69 Å². The first-order chi connectivity index (χ1) is 12.2. The summed E-state index contributed by atoms with van der Waals surface area (Å²) in [6.45, 7) is 2.76. The molecule has 7 nitrogen and oxygen atoms in total. The van der Waals surface area contributed by atoms with Crippen LogP contribution in [-0.2, 0) is 14.2 Å². The van der Waals surface area contributed by atoms with Gasteiger partial charge in [-0.25, -0.2) is 4.79 Å². The third kappa shape index (κ3) is 4.12. The van der Waals surface area contributed by atoms with Crippen LogP contribution in [0.4, 0.5) is 5.69 Å². The Morgan fingerprint density at radius 1 is 0.880 bits per heavy atom. The zero-order valence-electron chi connectivity index (χ0n) is 14.1. The van der Waals surface area contributed by atoms with Gasteiger partial charge in [0.15, 0.2) is 11.5 Å². The standard InChI is InChI=1S/C18H21NO6/c1-21-18(20)14-8-12-10-16-17(11-13(12)9-15(14)19)25-7-5-23-3-2-22-4-6-24-16/h8-11H,2-7,19H2,1H3. The Hall–Kier alpha value is -2.51. The second kappa shape index (κ2) is 8.04. The molecule has 3 rings (SSSR count). The highest BCUT2D eigenvalue weighted by atomic mass is 16.6. The maximum absolute atomic E-state index is 11.8. The van der Waals surface area contributed by atoms with Crippen LogP contribution in [0.1, 0.15) is 10.4 Å². The fraction of sp³-hybridized carbons (Fsp3) is 0.389. The van der Waals surface area contributed by atoms with E-state index in [1.165, 1.54) is 7.11 Å². The van der Waals surface area contributed by atoms with E-state index in [1.54, 1.807) is 12.1 Å². The van der Waals surface area contributed by atoms with Gasteiger partial charge in [-0.05, 0) is 35.0 Å². The monoisotopic (exact) mass is 347 g/mol. The predicted octanol–water partition coefficient (Wildman–Crippen LogP) is 2.01. The summed E-state index contributed by atoms with van der Waals surface area (Å²) in [4.78, 5) is 11.8. The van der Waals surface area contributed by atoms with Crippen molar-refractivity contribution in [1.29, 1.82) is 0 Å². The van der Waals surface area contributed by atoms with Crippen LogP contribution in [0, 0.1) is 0 Å². The van der Waals surface area contributed by atoms with Crippen LogP contribution in [0.3, 0.4) is 0 Å². The van der Waals surface area contributed by atoms with Gasteiger partial charge < -0.3 is 29.4 Å². The largest absolute Gasteiger partial charge is 0.487 e. The molecule has 0 radical (unpaired) electrons.